The zero-order valence-corrected chi connectivity index (χ0v) is 16.1. The summed E-state index contributed by atoms with van der Waals surface area (Å²) in [6.07, 6.45) is 1.44. The standard InChI is InChI=1S/C17H16ClN5O3S/c1-3-19-17(25)23(27)14-8-20-12-5-4-11(21-16(12)22-14)9-6-10(18)15(24)13(7-9)26-2/h4-8,24,27H,3H2,1-2H3,(H,19,25). The summed E-state index contributed by atoms with van der Waals surface area (Å²) in [4.78, 5) is 25.0. The Bertz CT molecular complexity index is 1020. The van der Waals surface area contributed by atoms with E-state index in [4.69, 9.17) is 16.3 Å². The van der Waals surface area contributed by atoms with Gasteiger partial charge in [0.2, 0.25) is 0 Å². The average Bonchev–Trinajstić information content (AvgIpc) is 2.68. The minimum Gasteiger partial charge on any atom is -0.503 e. The number of fused-ring (bicyclic) bond motifs is 1. The third-order valence-electron chi connectivity index (χ3n) is 3.68. The lowest BCUT2D eigenvalue weighted by molar-refractivity contribution is 0.250. The molecule has 0 aliphatic heterocycles. The maximum Gasteiger partial charge on any atom is 0.333 e. The Morgan fingerprint density at radius 3 is 2.85 bits per heavy atom. The molecule has 2 N–H and O–H groups in total. The van der Waals surface area contributed by atoms with Crippen LogP contribution in [0.2, 0.25) is 5.02 Å². The minimum absolute atomic E-state index is 0.140. The largest absolute Gasteiger partial charge is 0.503 e. The number of hydrogen-bond donors (Lipinski definition) is 3. The highest BCUT2D eigenvalue weighted by atomic mass is 35.5. The molecule has 0 radical (unpaired) electrons. The van der Waals surface area contributed by atoms with Crippen molar-refractivity contribution in [3.63, 3.8) is 0 Å². The van der Waals surface area contributed by atoms with Gasteiger partial charge in [-0.3, -0.25) is 0 Å². The quantitative estimate of drug-likeness (QED) is 0.575. The number of urea groups is 1. The van der Waals surface area contributed by atoms with Crippen molar-refractivity contribution in [3.8, 4) is 22.8 Å². The second-order valence-corrected chi connectivity index (χ2v) is 6.23. The molecule has 2 heterocycles. The van der Waals surface area contributed by atoms with Gasteiger partial charge in [0.05, 0.1) is 24.0 Å². The first-order valence-corrected chi connectivity index (χ1v) is 8.70. The van der Waals surface area contributed by atoms with Crippen molar-refractivity contribution < 1.29 is 14.6 Å². The van der Waals surface area contributed by atoms with Crippen LogP contribution in [0.25, 0.3) is 22.4 Å². The number of aromatic hydroxyl groups is 1. The number of aromatic nitrogens is 3. The summed E-state index contributed by atoms with van der Waals surface area (Å²) >= 11 is 10.2. The minimum atomic E-state index is -0.416. The van der Waals surface area contributed by atoms with E-state index in [0.717, 1.165) is 4.31 Å². The number of pyridine rings is 1. The van der Waals surface area contributed by atoms with Crippen molar-refractivity contribution in [1.82, 2.24) is 20.3 Å². The molecule has 0 atom stereocenters. The molecule has 8 nitrogen and oxygen atoms in total. The molecule has 0 fully saturated rings. The number of phenols is 1. The predicted molar refractivity (Wildman–Crippen MR) is 107 cm³/mol. The number of benzene rings is 1. The second kappa shape index (κ2) is 7.85. The first-order valence-electron chi connectivity index (χ1n) is 7.92. The number of thiol groups is 1. The van der Waals surface area contributed by atoms with Crippen molar-refractivity contribution in [1.29, 1.82) is 0 Å². The Balaban J connectivity index is 2.04. The number of carbonyl (C=O) groups excluding carboxylic acids is 1. The maximum absolute atomic E-state index is 11.9. The second-order valence-electron chi connectivity index (χ2n) is 5.42. The number of halogens is 1. The fourth-order valence-corrected chi connectivity index (χ4v) is 2.74. The summed E-state index contributed by atoms with van der Waals surface area (Å²) in [5, 5.41) is 12.6. The van der Waals surface area contributed by atoms with E-state index in [1.165, 1.54) is 13.3 Å². The fourth-order valence-electron chi connectivity index (χ4n) is 2.36. The number of nitrogens with one attached hydrogen (secondary N) is 1. The van der Waals surface area contributed by atoms with E-state index < -0.39 is 6.03 Å². The number of rotatable bonds is 4. The SMILES string of the molecule is CCNC(=O)N(S)c1cnc2ccc(-c3cc(Cl)c(O)c(OC)c3)nc2n1. The molecule has 0 bridgehead atoms. The third kappa shape index (κ3) is 3.83. The summed E-state index contributed by atoms with van der Waals surface area (Å²) < 4.78 is 6.18. The summed E-state index contributed by atoms with van der Waals surface area (Å²) in [7, 11) is 1.43. The van der Waals surface area contributed by atoms with Crippen LogP contribution in [0.15, 0.2) is 30.5 Å². The first kappa shape index (κ1) is 19.0. The molecule has 1 aromatic carbocycles. The van der Waals surface area contributed by atoms with Gasteiger partial charge in [-0.1, -0.05) is 24.4 Å². The summed E-state index contributed by atoms with van der Waals surface area (Å²) in [5.74, 6) is 0.332. The predicted octanol–water partition coefficient (Wildman–Crippen LogP) is 3.44. The zero-order chi connectivity index (χ0) is 19.6. The zero-order valence-electron chi connectivity index (χ0n) is 14.5. The number of nitrogens with zero attached hydrogens (tertiary/aromatic N) is 4. The summed E-state index contributed by atoms with van der Waals surface area (Å²) in [6.45, 7) is 2.26. The van der Waals surface area contributed by atoms with E-state index in [-0.39, 0.29) is 22.3 Å². The monoisotopic (exact) mass is 405 g/mol. The number of phenolic OH excluding ortho intramolecular Hbond substituents is 1. The summed E-state index contributed by atoms with van der Waals surface area (Å²) in [5.41, 5.74) is 2.07. The molecule has 0 aliphatic rings. The molecule has 2 aromatic heterocycles. The molecular formula is C17H16ClN5O3S. The number of ether oxygens (including phenoxy) is 1. The van der Waals surface area contributed by atoms with Gasteiger partial charge in [-0.25, -0.2) is 24.1 Å². The average molecular weight is 406 g/mol. The van der Waals surface area contributed by atoms with Gasteiger partial charge in [0.15, 0.2) is 23.0 Å². The lowest BCUT2D eigenvalue weighted by atomic mass is 10.1. The number of hydrogen-bond acceptors (Lipinski definition) is 7. The highest BCUT2D eigenvalue weighted by Crippen LogP contribution is 2.38. The van der Waals surface area contributed by atoms with Crippen LogP contribution in [0, 0.1) is 0 Å². The van der Waals surface area contributed by atoms with Gasteiger partial charge in [-0.2, -0.15) is 0 Å². The summed E-state index contributed by atoms with van der Waals surface area (Å²) in [6, 6.07) is 6.27. The van der Waals surface area contributed by atoms with Gasteiger partial charge in [-0.15, -0.1) is 0 Å². The number of anilines is 1. The van der Waals surface area contributed by atoms with Crippen molar-refractivity contribution >= 4 is 47.4 Å². The van der Waals surface area contributed by atoms with Crippen LogP contribution in [0.4, 0.5) is 10.6 Å². The molecule has 0 saturated carbocycles. The number of carbonyl (C=O) groups is 1. The number of methoxy groups -OCH3 is 1. The molecule has 3 aromatic rings. The first-order chi connectivity index (χ1) is 12.9. The van der Waals surface area contributed by atoms with Gasteiger partial charge in [-0.05, 0) is 31.2 Å². The molecule has 0 saturated heterocycles. The van der Waals surface area contributed by atoms with E-state index in [0.29, 0.717) is 29.0 Å². The van der Waals surface area contributed by atoms with E-state index in [1.807, 2.05) is 0 Å². The topological polar surface area (TPSA) is 100 Å². The van der Waals surface area contributed by atoms with Crippen molar-refractivity contribution in [3.05, 3.63) is 35.5 Å². The van der Waals surface area contributed by atoms with Gasteiger partial charge >= 0.3 is 6.03 Å². The molecule has 0 unspecified atom stereocenters. The smallest absolute Gasteiger partial charge is 0.333 e. The third-order valence-corrected chi connectivity index (χ3v) is 4.35. The lowest BCUT2D eigenvalue weighted by Gasteiger charge is -2.14. The Hall–Kier alpha value is -2.78. The van der Waals surface area contributed by atoms with Crippen LogP contribution < -0.4 is 14.4 Å². The molecular weight excluding hydrogens is 390 g/mol. The highest BCUT2D eigenvalue weighted by molar-refractivity contribution is 7.82. The van der Waals surface area contributed by atoms with Crippen LogP contribution in [0.3, 0.4) is 0 Å². The van der Waals surface area contributed by atoms with E-state index in [1.54, 1.807) is 31.2 Å². The van der Waals surface area contributed by atoms with Crippen LogP contribution >= 0.6 is 24.4 Å². The lowest BCUT2D eigenvalue weighted by Crippen LogP contribution is -2.34. The van der Waals surface area contributed by atoms with E-state index in [9.17, 15) is 9.90 Å². The van der Waals surface area contributed by atoms with Gasteiger partial charge in [0.1, 0.15) is 5.52 Å². The van der Waals surface area contributed by atoms with Crippen molar-refractivity contribution in [2.75, 3.05) is 18.0 Å². The van der Waals surface area contributed by atoms with Crippen LogP contribution in [-0.2, 0) is 0 Å². The van der Waals surface area contributed by atoms with Gasteiger partial charge in [0, 0.05) is 12.1 Å². The molecule has 140 valence electrons. The molecule has 27 heavy (non-hydrogen) atoms. The molecule has 10 heteroatoms. The number of amides is 2. The Morgan fingerprint density at radius 1 is 1.37 bits per heavy atom. The molecule has 3 rings (SSSR count). The molecule has 2 amide bonds. The van der Waals surface area contributed by atoms with Crippen molar-refractivity contribution in [2.24, 2.45) is 0 Å². The Kier molecular flexibility index (Phi) is 5.52. The van der Waals surface area contributed by atoms with Gasteiger partial charge in [0.25, 0.3) is 0 Å². The van der Waals surface area contributed by atoms with Crippen LogP contribution in [0.5, 0.6) is 11.5 Å². The van der Waals surface area contributed by atoms with Crippen LogP contribution in [0.1, 0.15) is 6.92 Å². The van der Waals surface area contributed by atoms with Gasteiger partial charge < -0.3 is 15.2 Å². The van der Waals surface area contributed by atoms with E-state index >= 15 is 0 Å². The highest BCUT2D eigenvalue weighted by Gasteiger charge is 2.15. The Morgan fingerprint density at radius 2 is 2.15 bits per heavy atom. The fraction of sp³-hybridized carbons (Fsp3) is 0.176. The molecule has 0 spiro atoms. The van der Waals surface area contributed by atoms with Crippen LogP contribution in [-0.4, -0.2) is 39.7 Å². The normalized spacial score (nSPS) is 10.7. The van der Waals surface area contributed by atoms with E-state index in [2.05, 4.69) is 33.1 Å². The van der Waals surface area contributed by atoms with Crippen molar-refractivity contribution in [2.45, 2.75) is 6.92 Å². The Labute approximate surface area is 165 Å². The maximum atomic E-state index is 11.9. The molecule has 0 aliphatic carbocycles.